The Bertz CT molecular complexity index is 844. The summed E-state index contributed by atoms with van der Waals surface area (Å²) in [5.41, 5.74) is 5.79. The summed E-state index contributed by atoms with van der Waals surface area (Å²) < 4.78 is 0. The molecule has 6 rings (SSSR count). The van der Waals surface area contributed by atoms with Crippen LogP contribution in [0.15, 0.2) is 42.5 Å². The molecule has 0 spiro atoms. The highest BCUT2D eigenvalue weighted by atomic mass is 16.1. The molecule has 0 aromatic heterocycles. The first kappa shape index (κ1) is 17.0. The number of nitrogens with one attached hydrogen (secondary N) is 1. The van der Waals surface area contributed by atoms with Gasteiger partial charge < -0.3 is 5.32 Å². The lowest BCUT2D eigenvalue weighted by molar-refractivity contribution is -0.00518. The Morgan fingerprint density at radius 1 is 0.889 bits per heavy atom. The van der Waals surface area contributed by atoms with Gasteiger partial charge in [0.15, 0.2) is 0 Å². The van der Waals surface area contributed by atoms with E-state index in [-0.39, 0.29) is 5.91 Å². The Balaban J connectivity index is 1.34. The maximum atomic E-state index is 12.6. The second-order valence-corrected chi connectivity index (χ2v) is 9.55. The van der Waals surface area contributed by atoms with E-state index >= 15 is 0 Å². The van der Waals surface area contributed by atoms with Crippen LogP contribution < -0.4 is 5.32 Å². The summed E-state index contributed by atoms with van der Waals surface area (Å²) in [6.07, 6.45) is 8.57. The number of carbonyl (C=O) groups is 1. The van der Waals surface area contributed by atoms with Gasteiger partial charge in [0, 0.05) is 11.3 Å². The van der Waals surface area contributed by atoms with Gasteiger partial charge in [-0.2, -0.15) is 0 Å². The third-order valence-corrected chi connectivity index (χ3v) is 7.42. The summed E-state index contributed by atoms with van der Waals surface area (Å²) >= 11 is 0. The van der Waals surface area contributed by atoms with Gasteiger partial charge in [0.2, 0.25) is 0 Å². The minimum absolute atomic E-state index is 0.0185. The molecular formula is C25H29NO. The largest absolute Gasteiger partial charge is 0.322 e. The molecule has 0 radical (unpaired) electrons. The zero-order valence-electron chi connectivity index (χ0n) is 16.4. The van der Waals surface area contributed by atoms with E-state index in [1.807, 2.05) is 19.1 Å². The van der Waals surface area contributed by atoms with Crippen LogP contribution in [0.2, 0.25) is 0 Å². The maximum absolute atomic E-state index is 12.6. The van der Waals surface area contributed by atoms with Crippen molar-refractivity contribution in [1.82, 2.24) is 0 Å². The molecule has 0 aliphatic heterocycles. The molecule has 4 bridgehead atoms. The van der Waals surface area contributed by atoms with Crippen LogP contribution in [0.4, 0.5) is 5.69 Å². The molecule has 27 heavy (non-hydrogen) atoms. The van der Waals surface area contributed by atoms with Crippen LogP contribution in [0.3, 0.4) is 0 Å². The van der Waals surface area contributed by atoms with Gasteiger partial charge in [-0.25, -0.2) is 0 Å². The van der Waals surface area contributed by atoms with Crippen molar-refractivity contribution in [3.63, 3.8) is 0 Å². The molecule has 1 amide bonds. The fraction of sp³-hybridized carbons (Fsp3) is 0.480. The second-order valence-electron chi connectivity index (χ2n) is 9.55. The molecule has 4 aliphatic carbocycles. The van der Waals surface area contributed by atoms with Crippen LogP contribution in [0.25, 0.3) is 0 Å². The quantitative estimate of drug-likeness (QED) is 0.713. The SMILES string of the molecule is Cc1ccc(C(=O)Nc2ccc(C34CC5CC(CC(C5)C3)C4)cc2)c(C)c1. The number of hydrogen-bond acceptors (Lipinski definition) is 1. The number of anilines is 1. The van der Waals surface area contributed by atoms with Gasteiger partial charge in [0.25, 0.3) is 5.91 Å². The lowest BCUT2D eigenvalue weighted by atomic mass is 9.48. The first-order valence-corrected chi connectivity index (χ1v) is 10.5. The van der Waals surface area contributed by atoms with Crippen LogP contribution in [-0.2, 0) is 5.41 Å². The molecule has 4 saturated carbocycles. The Labute approximate surface area is 162 Å². The van der Waals surface area contributed by atoms with E-state index in [2.05, 4.69) is 42.6 Å². The minimum Gasteiger partial charge on any atom is -0.322 e. The maximum Gasteiger partial charge on any atom is 0.255 e. The zero-order valence-corrected chi connectivity index (χ0v) is 16.4. The van der Waals surface area contributed by atoms with Crippen molar-refractivity contribution in [3.05, 3.63) is 64.7 Å². The summed E-state index contributed by atoms with van der Waals surface area (Å²) in [6.45, 7) is 4.05. The van der Waals surface area contributed by atoms with Crippen molar-refractivity contribution in [2.75, 3.05) is 5.32 Å². The number of carbonyl (C=O) groups excluding carboxylic acids is 1. The first-order valence-electron chi connectivity index (χ1n) is 10.5. The monoisotopic (exact) mass is 359 g/mol. The number of amides is 1. The van der Waals surface area contributed by atoms with Crippen molar-refractivity contribution in [2.45, 2.75) is 57.8 Å². The van der Waals surface area contributed by atoms with Gasteiger partial charge in [0.05, 0.1) is 0 Å². The minimum atomic E-state index is -0.0185. The second kappa shape index (κ2) is 6.22. The van der Waals surface area contributed by atoms with E-state index in [4.69, 9.17) is 0 Å². The van der Waals surface area contributed by atoms with Crippen molar-refractivity contribution >= 4 is 11.6 Å². The molecule has 0 atom stereocenters. The van der Waals surface area contributed by atoms with Gasteiger partial charge in [0.1, 0.15) is 0 Å². The van der Waals surface area contributed by atoms with E-state index in [1.165, 1.54) is 49.7 Å². The van der Waals surface area contributed by atoms with Gasteiger partial charge in [-0.15, -0.1) is 0 Å². The molecule has 0 heterocycles. The Kier molecular flexibility index (Phi) is 3.93. The molecule has 4 fully saturated rings. The molecule has 0 saturated heterocycles. The van der Waals surface area contributed by atoms with Crippen molar-refractivity contribution in [1.29, 1.82) is 0 Å². The number of hydrogen-bond donors (Lipinski definition) is 1. The summed E-state index contributed by atoms with van der Waals surface area (Å²) in [4.78, 5) is 12.6. The summed E-state index contributed by atoms with van der Waals surface area (Å²) in [6, 6.07) is 14.8. The van der Waals surface area contributed by atoms with Crippen LogP contribution in [0, 0.1) is 31.6 Å². The third kappa shape index (κ3) is 2.99. The number of benzene rings is 2. The van der Waals surface area contributed by atoms with Crippen LogP contribution in [0.5, 0.6) is 0 Å². The third-order valence-electron chi connectivity index (χ3n) is 7.42. The summed E-state index contributed by atoms with van der Waals surface area (Å²) in [5, 5.41) is 3.08. The molecule has 2 aromatic rings. The van der Waals surface area contributed by atoms with E-state index in [0.717, 1.165) is 34.6 Å². The molecule has 140 valence electrons. The highest BCUT2D eigenvalue weighted by Crippen LogP contribution is 2.60. The van der Waals surface area contributed by atoms with E-state index in [0.29, 0.717) is 5.41 Å². The van der Waals surface area contributed by atoms with Gasteiger partial charge in [-0.1, -0.05) is 29.8 Å². The Morgan fingerprint density at radius 3 is 2.04 bits per heavy atom. The molecule has 1 N–H and O–H groups in total. The zero-order chi connectivity index (χ0) is 18.6. The topological polar surface area (TPSA) is 29.1 Å². The highest BCUT2D eigenvalue weighted by molar-refractivity contribution is 6.05. The standard InChI is InChI=1S/C25H29NO/c1-16-3-8-23(17(2)9-16)24(27)26-22-6-4-21(5-7-22)25-13-18-10-19(14-25)12-20(11-18)15-25/h3-9,18-20H,10-15H2,1-2H3,(H,26,27). The molecule has 0 unspecified atom stereocenters. The normalized spacial score (nSPS) is 31.1. The fourth-order valence-corrected chi connectivity index (χ4v) is 6.64. The predicted octanol–water partition coefficient (Wildman–Crippen LogP) is 6.02. The van der Waals surface area contributed by atoms with Crippen molar-refractivity contribution in [2.24, 2.45) is 17.8 Å². The van der Waals surface area contributed by atoms with Gasteiger partial charge in [-0.3, -0.25) is 4.79 Å². The summed E-state index contributed by atoms with van der Waals surface area (Å²) in [7, 11) is 0. The molecule has 2 heteroatoms. The molecule has 4 aliphatic rings. The molecular weight excluding hydrogens is 330 g/mol. The fourth-order valence-electron chi connectivity index (χ4n) is 6.64. The average Bonchev–Trinajstić information content (AvgIpc) is 2.61. The summed E-state index contributed by atoms with van der Waals surface area (Å²) in [5.74, 6) is 2.86. The Hall–Kier alpha value is -2.09. The van der Waals surface area contributed by atoms with Crippen molar-refractivity contribution in [3.8, 4) is 0 Å². The predicted molar refractivity (Wildman–Crippen MR) is 110 cm³/mol. The van der Waals surface area contributed by atoms with Gasteiger partial charge in [-0.05, 0) is 105 Å². The van der Waals surface area contributed by atoms with E-state index < -0.39 is 0 Å². The lowest BCUT2D eigenvalue weighted by Crippen LogP contribution is -2.48. The van der Waals surface area contributed by atoms with Gasteiger partial charge >= 0.3 is 0 Å². The smallest absolute Gasteiger partial charge is 0.255 e. The van der Waals surface area contributed by atoms with Crippen LogP contribution in [-0.4, -0.2) is 5.91 Å². The van der Waals surface area contributed by atoms with E-state index in [1.54, 1.807) is 0 Å². The van der Waals surface area contributed by atoms with Crippen LogP contribution in [0.1, 0.15) is 65.6 Å². The van der Waals surface area contributed by atoms with E-state index in [9.17, 15) is 4.79 Å². The Morgan fingerprint density at radius 2 is 1.48 bits per heavy atom. The highest BCUT2D eigenvalue weighted by Gasteiger charge is 2.51. The number of rotatable bonds is 3. The first-order chi connectivity index (χ1) is 13.0. The number of aryl methyl sites for hydroxylation is 2. The van der Waals surface area contributed by atoms with Crippen LogP contribution >= 0.6 is 0 Å². The lowest BCUT2D eigenvalue weighted by Gasteiger charge is -2.57. The molecule has 2 nitrogen and oxygen atoms in total. The average molecular weight is 360 g/mol. The molecule has 2 aromatic carbocycles. The van der Waals surface area contributed by atoms with Crippen molar-refractivity contribution < 1.29 is 4.79 Å².